The second-order valence-corrected chi connectivity index (χ2v) is 5.31. The SMILES string of the molecule is NC(=O)OCC(Cl)(Cl)C(O)c1cccc(Cl)c1. The molecule has 0 aliphatic carbocycles. The van der Waals surface area contributed by atoms with Crippen LogP contribution in [0.2, 0.25) is 5.02 Å². The van der Waals surface area contributed by atoms with Gasteiger partial charge in [-0.1, -0.05) is 46.9 Å². The Morgan fingerprint density at radius 3 is 2.71 bits per heavy atom. The highest BCUT2D eigenvalue weighted by Gasteiger charge is 2.36. The summed E-state index contributed by atoms with van der Waals surface area (Å²) < 4.78 is 2.77. The van der Waals surface area contributed by atoms with Crippen LogP contribution in [0.15, 0.2) is 24.3 Å². The third kappa shape index (κ3) is 4.24. The summed E-state index contributed by atoms with van der Waals surface area (Å²) in [4.78, 5) is 10.4. The van der Waals surface area contributed by atoms with E-state index in [9.17, 15) is 9.90 Å². The molecule has 1 unspecified atom stereocenters. The fourth-order valence-corrected chi connectivity index (χ4v) is 1.73. The number of rotatable bonds is 4. The summed E-state index contributed by atoms with van der Waals surface area (Å²) in [5.74, 6) is 0. The molecule has 1 amide bonds. The van der Waals surface area contributed by atoms with Gasteiger partial charge in [-0.3, -0.25) is 0 Å². The minimum absolute atomic E-state index is 0.413. The number of aliphatic hydroxyl groups excluding tert-OH is 1. The van der Waals surface area contributed by atoms with Crippen LogP contribution < -0.4 is 5.73 Å². The number of nitrogens with two attached hydrogens (primary N) is 1. The first-order valence-electron chi connectivity index (χ1n) is 4.56. The zero-order valence-corrected chi connectivity index (χ0v) is 10.8. The number of ether oxygens (including phenoxy) is 1. The van der Waals surface area contributed by atoms with E-state index < -0.39 is 23.1 Å². The van der Waals surface area contributed by atoms with Crippen molar-refractivity contribution in [2.24, 2.45) is 5.73 Å². The average molecular weight is 299 g/mol. The van der Waals surface area contributed by atoms with E-state index in [2.05, 4.69) is 4.74 Å². The number of amides is 1. The van der Waals surface area contributed by atoms with Gasteiger partial charge in [-0.25, -0.2) is 4.79 Å². The van der Waals surface area contributed by atoms with E-state index in [1.807, 2.05) is 0 Å². The normalized spacial score (nSPS) is 13.2. The van der Waals surface area contributed by atoms with Crippen molar-refractivity contribution >= 4 is 40.9 Å². The number of aliphatic hydroxyl groups is 1. The van der Waals surface area contributed by atoms with Crippen molar-refractivity contribution < 1.29 is 14.6 Å². The third-order valence-corrected chi connectivity index (χ3v) is 2.84. The summed E-state index contributed by atoms with van der Waals surface area (Å²) in [6.45, 7) is -0.431. The highest BCUT2D eigenvalue weighted by atomic mass is 35.5. The number of alkyl halides is 2. The Bertz CT molecular complexity index is 412. The highest BCUT2D eigenvalue weighted by Crippen LogP contribution is 2.36. The van der Waals surface area contributed by atoms with Gasteiger partial charge in [0, 0.05) is 5.02 Å². The van der Waals surface area contributed by atoms with E-state index in [1.54, 1.807) is 18.2 Å². The lowest BCUT2D eigenvalue weighted by molar-refractivity contribution is 0.102. The van der Waals surface area contributed by atoms with Gasteiger partial charge in [-0.15, -0.1) is 0 Å². The van der Waals surface area contributed by atoms with Crippen LogP contribution in [0.5, 0.6) is 0 Å². The maximum atomic E-state index is 10.4. The predicted octanol–water partition coefficient (Wildman–Crippen LogP) is 2.64. The average Bonchev–Trinajstić information content (AvgIpc) is 2.25. The number of hydrogen-bond donors (Lipinski definition) is 2. The minimum atomic E-state index is -1.69. The summed E-state index contributed by atoms with van der Waals surface area (Å²) in [5, 5.41) is 10.4. The Morgan fingerprint density at radius 2 is 2.18 bits per heavy atom. The summed E-state index contributed by atoms with van der Waals surface area (Å²) >= 11 is 17.5. The number of carbonyl (C=O) groups excluding carboxylic acids is 1. The van der Waals surface area contributed by atoms with E-state index in [0.717, 1.165) is 0 Å². The van der Waals surface area contributed by atoms with Gasteiger partial charge < -0.3 is 15.6 Å². The van der Waals surface area contributed by atoms with Crippen molar-refractivity contribution in [2.75, 3.05) is 6.61 Å². The van der Waals surface area contributed by atoms with Crippen molar-refractivity contribution in [1.29, 1.82) is 0 Å². The lowest BCUT2D eigenvalue weighted by Gasteiger charge is -2.25. The molecule has 1 atom stereocenters. The molecule has 1 aromatic rings. The summed E-state index contributed by atoms with van der Waals surface area (Å²) in [5.41, 5.74) is 5.19. The van der Waals surface area contributed by atoms with Crippen molar-refractivity contribution in [3.05, 3.63) is 34.9 Å². The molecule has 94 valence electrons. The molecule has 0 spiro atoms. The molecule has 0 aliphatic heterocycles. The van der Waals surface area contributed by atoms with Crippen molar-refractivity contribution in [3.63, 3.8) is 0 Å². The smallest absolute Gasteiger partial charge is 0.404 e. The molecule has 3 N–H and O–H groups in total. The van der Waals surface area contributed by atoms with Gasteiger partial charge in [0.2, 0.25) is 0 Å². The van der Waals surface area contributed by atoms with E-state index in [1.165, 1.54) is 6.07 Å². The molecule has 17 heavy (non-hydrogen) atoms. The van der Waals surface area contributed by atoms with Gasteiger partial charge in [0.1, 0.15) is 12.7 Å². The van der Waals surface area contributed by atoms with Crippen molar-refractivity contribution in [3.8, 4) is 0 Å². The van der Waals surface area contributed by atoms with Gasteiger partial charge >= 0.3 is 6.09 Å². The molecule has 0 saturated heterocycles. The molecule has 0 aromatic heterocycles. The van der Waals surface area contributed by atoms with Crippen LogP contribution >= 0.6 is 34.8 Å². The topological polar surface area (TPSA) is 72.6 Å². The van der Waals surface area contributed by atoms with E-state index in [4.69, 9.17) is 40.5 Å². The first-order chi connectivity index (χ1) is 7.83. The second kappa shape index (κ2) is 5.78. The van der Waals surface area contributed by atoms with Gasteiger partial charge in [-0.05, 0) is 17.7 Å². The number of benzene rings is 1. The number of hydrogen-bond acceptors (Lipinski definition) is 3. The van der Waals surface area contributed by atoms with E-state index >= 15 is 0 Å². The monoisotopic (exact) mass is 297 g/mol. The Morgan fingerprint density at radius 1 is 1.53 bits per heavy atom. The zero-order chi connectivity index (χ0) is 13.1. The quantitative estimate of drug-likeness (QED) is 0.839. The standard InChI is InChI=1S/C10H10Cl3NO3/c11-7-3-1-2-6(4-7)8(15)10(12,13)5-17-9(14)16/h1-4,8,15H,5H2,(H2,14,16). The maximum absolute atomic E-state index is 10.4. The molecule has 4 nitrogen and oxygen atoms in total. The second-order valence-electron chi connectivity index (χ2n) is 3.33. The Balaban J connectivity index is 2.80. The first kappa shape index (κ1) is 14.4. The van der Waals surface area contributed by atoms with Crippen molar-refractivity contribution in [1.82, 2.24) is 0 Å². The molecule has 0 aliphatic rings. The minimum Gasteiger partial charge on any atom is -0.446 e. The summed E-state index contributed by atoms with van der Waals surface area (Å²) in [6.07, 6.45) is -2.28. The van der Waals surface area contributed by atoms with Crippen molar-refractivity contribution in [2.45, 2.75) is 10.4 Å². The Kier molecular flexibility index (Phi) is 4.89. The van der Waals surface area contributed by atoms with Crippen LogP contribution in [-0.4, -0.2) is 22.1 Å². The van der Waals surface area contributed by atoms with Gasteiger partial charge in [-0.2, -0.15) is 0 Å². The van der Waals surface area contributed by atoms with Crippen LogP contribution in [-0.2, 0) is 4.74 Å². The fourth-order valence-electron chi connectivity index (χ4n) is 1.17. The lowest BCUT2D eigenvalue weighted by Crippen LogP contribution is -2.32. The molecular formula is C10H10Cl3NO3. The van der Waals surface area contributed by atoms with Gasteiger partial charge in [0.25, 0.3) is 0 Å². The number of primary amides is 1. The molecule has 0 radical (unpaired) electrons. The molecule has 0 saturated carbocycles. The van der Waals surface area contributed by atoms with Crippen LogP contribution in [0.25, 0.3) is 0 Å². The van der Waals surface area contributed by atoms with Crippen LogP contribution in [0, 0.1) is 0 Å². The molecule has 1 rings (SSSR count). The van der Waals surface area contributed by atoms with Gasteiger partial charge in [0.15, 0.2) is 4.33 Å². The lowest BCUT2D eigenvalue weighted by atomic mass is 10.1. The highest BCUT2D eigenvalue weighted by molar-refractivity contribution is 6.49. The van der Waals surface area contributed by atoms with Crippen LogP contribution in [0.4, 0.5) is 4.79 Å². The first-order valence-corrected chi connectivity index (χ1v) is 5.70. The van der Waals surface area contributed by atoms with E-state index in [-0.39, 0.29) is 0 Å². The van der Waals surface area contributed by atoms with Crippen LogP contribution in [0.1, 0.15) is 11.7 Å². The molecule has 0 heterocycles. The molecule has 1 aromatic carbocycles. The number of carbonyl (C=O) groups is 1. The van der Waals surface area contributed by atoms with Gasteiger partial charge in [0.05, 0.1) is 0 Å². The Hall–Kier alpha value is -0.680. The van der Waals surface area contributed by atoms with Crippen LogP contribution in [0.3, 0.4) is 0 Å². The largest absolute Gasteiger partial charge is 0.446 e. The Labute approximate surface area is 113 Å². The molecule has 7 heteroatoms. The summed E-state index contributed by atoms with van der Waals surface area (Å²) in [7, 11) is 0. The van der Waals surface area contributed by atoms with E-state index in [0.29, 0.717) is 10.6 Å². The fraction of sp³-hybridized carbons (Fsp3) is 0.300. The molecule has 0 fully saturated rings. The third-order valence-electron chi connectivity index (χ3n) is 1.97. The summed E-state index contributed by atoms with van der Waals surface area (Å²) in [6, 6.07) is 6.39. The predicted molar refractivity (Wildman–Crippen MR) is 66.4 cm³/mol. The molecular weight excluding hydrogens is 288 g/mol. The molecule has 0 bridgehead atoms. The number of halogens is 3. The zero-order valence-electron chi connectivity index (χ0n) is 8.57. The maximum Gasteiger partial charge on any atom is 0.404 e.